The van der Waals surface area contributed by atoms with E-state index in [4.69, 9.17) is 0 Å². The number of aromatic nitrogens is 2. The van der Waals surface area contributed by atoms with Crippen LogP contribution in [0.25, 0.3) is 0 Å². The van der Waals surface area contributed by atoms with Crippen LogP contribution in [0, 0.1) is 0 Å². The Kier molecular flexibility index (Phi) is 9.65. The summed E-state index contributed by atoms with van der Waals surface area (Å²) in [6.45, 7) is 7.24. The van der Waals surface area contributed by atoms with Crippen LogP contribution in [0.1, 0.15) is 50.9 Å². The zero-order chi connectivity index (χ0) is 14.8. The maximum atomic E-state index is 4.62. The SMILES string of the molecule is CCc1nn(CC)c(CNCCCCCCSC)c1Br. The Bertz CT molecular complexity index is 379. The lowest BCUT2D eigenvalue weighted by molar-refractivity contribution is 0.555. The average Bonchev–Trinajstić information content (AvgIpc) is 2.78. The first-order valence-electron chi connectivity index (χ1n) is 7.68. The first kappa shape index (κ1) is 18.1. The minimum atomic E-state index is 0.909. The molecular weight excluding hydrogens is 334 g/mol. The number of nitrogens with zero attached hydrogens (tertiary/aromatic N) is 2. The summed E-state index contributed by atoms with van der Waals surface area (Å²) in [6, 6.07) is 0. The molecular formula is C15H28BrN3S. The molecule has 0 unspecified atom stereocenters. The van der Waals surface area contributed by atoms with E-state index in [2.05, 4.69) is 51.1 Å². The fourth-order valence-electron chi connectivity index (χ4n) is 2.24. The van der Waals surface area contributed by atoms with Crippen molar-refractivity contribution in [1.29, 1.82) is 0 Å². The number of rotatable bonds is 11. The van der Waals surface area contributed by atoms with Gasteiger partial charge in [0.25, 0.3) is 0 Å². The van der Waals surface area contributed by atoms with Gasteiger partial charge in [0.1, 0.15) is 0 Å². The molecule has 5 heteroatoms. The number of aryl methyl sites for hydroxylation is 2. The molecule has 0 spiro atoms. The van der Waals surface area contributed by atoms with Crippen molar-refractivity contribution in [3.05, 3.63) is 15.9 Å². The van der Waals surface area contributed by atoms with Gasteiger partial charge in [-0.25, -0.2) is 0 Å². The summed E-state index contributed by atoms with van der Waals surface area (Å²) < 4.78 is 3.29. The average molecular weight is 362 g/mol. The van der Waals surface area contributed by atoms with Crippen molar-refractivity contribution >= 4 is 27.7 Å². The predicted octanol–water partition coefficient (Wildman–Crippen LogP) is 4.24. The highest BCUT2D eigenvalue weighted by Crippen LogP contribution is 2.22. The third kappa shape index (κ3) is 5.78. The van der Waals surface area contributed by atoms with Crippen LogP contribution < -0.4 is 5.32 Å². The Labute approximate surface area is 136 Å². The fraction of sp³-hybridized carbons (Fsp3) is 0.800. The number of hydrogen-bond donors (Lipinski definition) is 1. The molecule has 0 aliphatic carbocycles. The van der Waals surface area contributed by atoms with Crippen LogP contribution in [0.4, 0.5) is 0 Å². The van der Waals surface area contributed by atoms with E-state index in [0.29, 0.717) is 0 Å². The molecule has 116 valence electrons. The van der Waals surface area contributed by atoms with Gasteiger partial charge in [0.15, 0.2) is 0 Å². The van der Waals surface area contributed by atoms with E-state index in [1.54, 1.807) is 0 Å². The Morgan fingerprint density at radius 3 is 2.60 bits per heavy atom. The van der Waals surface area contributed by atoms with Crippen molar-refractivity contribution in [3.63, 3.8) is 0 Å². The van der Waals surface area contributed by atoms with Crippen molar-refractivity contribution in [2.24, 2.45) is 0 Å². The van der Waals surface area contributed by atoms with E-state index in [-0.39, 0.29) is 0 Å². The molecule has 0 atom stereocenters. The lowest BCUT2D eigenvalue weighted by atomic mass is 10.2. The maximum absolute atomic E-state index is 4.62. The van der Waals surface area contributed by atoms with Crippen molar-refractivity contribution in [2.75, 3.05) is 18.6 Å². The third-order valence-corrected chi connectivity index (χ3v) is 5.05. The van der Waals surface area contributed by atoms with Crippen LogP contribution >= 0.6 is 27.7 Å². The van der Waals surface area contributed by atoms with Crippen molar-refractivity contribution < 1.29 is 0 Å². The summed E-state index contributed by atoms with van der Waals surface area (Å²) in [4.78, 5) is 0. The standard InChI is InChI=1S/C15H28BrN3S/c1-4-13-15(16)14(19(5-2)18-13)12-17-10-8-6-7-9-11-20-3/h17H,4-12H2,1-3H3. The van der Waals surface area contributed by atoms with Gasteiger partial charge in [0.05, 0.1) is 15.9 Å². The summed E-state index contributed by atoms with van der Waals surface area (Å²) in [5.41, 5.74) is 2.45. The molecule has 3 nitrogen and oxygen atoms in total. The van der Waals surface area contributed by atoms with E-state index in [1.807, 2.05) is 11.8 Å². The quantitative estimate of drug-likeness (QED) is 0.597. The van der Waals surface area contributed by atoms with Crippen LogP contribution in [0.5, 0.6) is 0 Å². The molecule has 1 heterocycles. The van der Waals surface area contributed by atoms with E-state index in [9.17, 15) is 0 Å². The van der Waals surface area contributed by atoms with Crippen LogP contribution in [-0.2, 0) is 19.5 Å². The number of thioether (sulfide) groups is 1. The molecule has 0 fully saturated rings. The monoisotopic (exact) mass is 361 g/mol. The normalized spacial score (nSPS) is 11.2. The van der Waals surface area contributed by atoms with E-state index < -0.39 is 0 Å². The molecule has 0 saturated heterocycles. The molecule has 0 aromatic carbocycles. The van der Waals surface area contributed by atoms with Gasteiger partial charge in [-0.1, -0.05) is 19.8 Å². The first-order chi connectivity index (χ1) is 9.74. The molecule has 0 amide bonds. The van der Waals surface area contributed by atoms with Crippen molar-refractivity contribution in [2.45, 2.75) is 59.0 Å². The van der Waals surface area contributed by atoms with Crippen molar-refractivity contribution in [1.82, 2.24) is 15.1 Å². The topological polar surface area (TPSA) is 29.9 Å². The van der Waals surface area contributed by atoms with E-state index in [0.717, 1.165) is 26.1 Å². The lowest BCUT2D eigenvalue weighted by Crippen LogP contribution is -2.18. The molecule has 0 aliphatic rings. The summed E-state index contributed by atoms with van der Waals surface area (Å²) in [7, 11) is 0. The zero-order valence-electron chi connectivity index (χ0n) is 13.0. The second-order valence-electron chi connectivity index (χ2n) is 4.96. The highest BCUT2D eigenvalue weighted by atomic mass is 79.9. The van der Waals surface area contributed by atoms with Gasteiger partial charge in [0.2, 0.25) is 0 Å². The third-order valence-electron chi connectivity index (χ3n) is 3.44. The molecule has 0 bridgehead atoms. The molecule has 1 aromatic heterocycles. The second kappa shape index (κ2) is 10.7. The number of nitrogens with one attached hydrogen (secondary N) is 1. The smallest absolute Gasteiger partial charge is 0.0767 e. The molecule has 0 aliphatic heterocycles. The number of halogens is 1. The van der Waals surface area contributed by atoms with Crippen LogP contribution in [-0.4, -0.2) is 28.3 Å². The van der Waals surface area contributed by atoms with E-state index >= 15 is 0 Å². The molecule has 1 aromatic rings. The second-order valence-corrected chi connectivity index (χ2v) is 6.74. The Balaban J connectivity index is 2.26. The minimum Gasteiger partial charge on any atom is -0.311 e. The zero-order valence-corrected chi connectivity index (χ0v) is 15.4. The Morgan fingerprint density at radius 2 is 1.95 bits per heavy atom. The summed E-state index contributed by atoms with van der Waals surface area (Å²) >= 11 is 5.64. The first-order valence-corrected chi connectivity index (χ1v) is 9.86. The van der Waals surface area contributed by atoms with Crippen LogP contribution in [0.3, 0.4) is 0 Å². The molecule has 0 radical (unpaired) electrons. The van der Waals surface area contributed by atoms with Crippen LogP contribution in [0.2, 0.25) is 0 Å². The summed E-state index contributed by atoms with van der Waals surface area (Å²) in [5.74, 6) is 1.30. The highest BCUT2D eigenvalue weighted by Gasteiger charge is 2.12. The lowest BCUT2D eigenvalue weighted by Gasteiger charge is -2.07. The maximum Gasteiger partial charge on any atom is 0.0767 e. The number of hydrogen-bond acceptors (Lipinski definition) is 3. The Morgan fingerprint density at radius 1 is 1.20 bits per heavy atom. The van der Waals surface area contributed by atoms with Gasteiger partial charge in [-0.2, -0.15) is 16.9 Å². The fourth-order valence-corrected chi connectivity index (χ4v) is 3.44. The largest absolute Gasteiger partial charge is 0.311 e. The number of unbranched alkanes of at least 4 members (excludes halogenated alkanes) is 3. The molecule has 1 rings (SSSR count). The van der Waals surface area contributed by atoms with Crippen molar-refractivity contribution in [3.8, 4) is 0 Å². The Hall–Kier alpha value is -0.000000000000000111. The van der Waals surface area contributed by atoms with Gasteiger partial charge in [-0.05, 0) is 60.7 Å². The van der Waals surface area contributed by atoms with E-state index in [1.165, 1.54) is 47.3 Å². The van der Waals surface area contributed by atoms with Crippen LogP contribution in [0.15, 0.2) is 4.47 Å². The summed E-state index contributed by atoms with van der Waals surface area (Å²) in [5, 5.41) is 8.17. The molecule has 0 saturated carbocycles. The van der Waals surface area contributed by atoms with Gasteiger partial charge in [-0.15, -0.1) is 0 Å². The van der Waals surface area contributed by atoms with Gasteiger partial charge in [-0.3, -0.25) is 4.68 Å². The highest BCUT2D eigenvalue weighted by molar-refractivity contribution is 9.10. The predicted molar refractivity (Wildman–Crippen MR) is 93.5 cm³/mol. The van der Waals surface area contributed by atoms with Gasteiger partial charge < -0.3 is 5.32 Å². The van der Waals surface area contributed by atoms with Gasteiger partial charge in [0, 0.05) is 13.1 Å². The summed E-state index contributed by atoms with van der Waals surface area (Å²) in [6.07, 6.45) is 8.49. The minimum absolute atomic E-state index is 0.909. The van der Waals surface area contributed by atoms with Gasteiger partial charge >= 0.3 is 0 Å². The molecule has 20 heavy (non-hydrogen) atoms. The molecule has 1 N–H and O–H groups in total.